The zero-order chi connectivity index (χ0) is 18.4. The lowest BCUT2D eigenvalue weighted by Gasteiger charge is -1.95. The molecule has 1 aromatic heterocycles. The molecule has 1 heterocycles. The van der Waals surface area contributed by atoms with E-state index in [0.29, 0.717) is 13.0 Å². The Kier molecular flexibility index (Phi) is 7.08. The van der Waals surface area contributed by atoms with Crippen LogP contribution in [0, 0.1) is 6.92 Å². The first-order valence-corrected chi connectivity index (χ1v) is 10.0. The Hall–Kier alpha value is -1.75. The van der Waals surface area contributed by atoms with Gasteiger partial charge in [0.15, 0.2) is 0 Å². The minimum atomic E-state index is -4.02. The van der Waals surface area contributed by atoms with Gasteiger partial charge in [-0.15, -0.1) is 0 Å². The van der Waals surface area contributed by atoms with Gasteiger partial charge in [-0.3, -0.25) is 9.11 Å². The van der Waals surface area contributed by atoms with E-state index in [0.717, 1.165) is 5.56 Å². The first-order chi connectivity index (χ1) is 11.0. The summed E-state index contributed by atoms with van der Waals surface area (Å²) in [6, 6.07) is 5.99. The number of nitrogens with zero attached hydrogens (tertiary/aromatic N) is 2. The van der Waals surface area contributed by atoms with Gasteiger partial charge in [0, 0.05) is 6.42 Å². The van der Waals surface area contributed by atoms with Crippen LogP contribution in [0.1, 0.15) is 12.0 Å². The quantitative estimate of drug-likeness (QED) is 0.589. The van der Waals surface area contributed by atoms with Crippen LogP contribution in [-0.4, -0.2) is 36.3 Å². The van der Waals surface area contributed by atoms with Crippen LogP contribution in [-0.2, 0) is 33.8 Å². The normalized spacial score (nSPS) is 11.7. The Morgan fingerprint density at radius 3 is 2.08 bits per heavy atom. The van der Waals surface area contributed by atoms with Crippen molar-refractivity contribution in [2.45, 2.75) is 24.8 Å². The summed E-state index contributed by atoms with van der Waals surface area (Å²) in [6.07, 6.45) is 5.99. The van der Waals surface area contributed by atoms with Crippen molar-refractivity contribution >= 4 is 20.2 Å². The van der Waals surface area contributed by atoms with Crippen LogP contribution in [0.25, 0.3) is 0 Å². The lowest BCUT2D eigenvalue weighted by Crippen LogP contribution is -2.23. The highest BCUT2D eigenvalue weighted by molar-refractivity contribution is 7.86. The molecule has 0 bridgehead atoms. The molecule has 0 saturated heterocycles. The SMILES string of the molecule is C[n+]1ccn(CCCS(=O)(=O)O)c1.Cc1ccc(S(=O)(=O)O)cc1. The third-order valence-corrected chi connectivity index (χ3v) is 4.63. The average molecular weight is 377 g/mol. The number of benzene rings is 1. The highest BCUT2D eigenvalue weighted by Gasteiger charge is 2.07. The van der Waals surface area contributed by atoms with E-state index in [4.69, 9.17) is 9.11 Å². The Morgan fingerprint density at radius 2 is 1.67 bits per heavy atom. The third kappa shape index (κ3) is 8.20. The van der Waals surface area contributed by atoms with E-state index in [-0.39, 0.29) is 10.6 Å². The van der Waals surface area contributed by atoms with Crippen molar-refractivity contribution in [3.8, 4) is 0 Å². The third-order valence-electron chi connectivity index (χ3n) is 2.96. The summed E-state index contributed by atoms with van der Waals surface area (Å²) in [4.78, 5) is -0.0666. The van der Waals surface area contributed by atoms with E-state index in [1.54, 1.807) is 12.1 Å². The smallest absolute Gasteiger partial charge is 0.286 e. The van der Waals surface area contributed by atoms with Crippen LogP contribution in [0.4, 0.5) is 0 Å². The molecule has 24 heavy (non-hydrogen) atoms. The van der Waals surface area contributed by atoms with Crippen molar-refractivity contribution in [3.05, 3.63) is 48.5 Å². The topological polar surface area (TPSA) is 118 Å². The summed E-state index contributed by atoms with van der Waals surface area (Å²) < 4.78 is 62.5. The van der Waals surface area contributed by atoms with Crippen LogP contribution in [0.15, 0.2) is 47.9 Å². The largest absolute Gasteiger partial charge is 0.294 e. The van der Waals surface area contributed by atoms with E-state index >= 15 is 0 Å². The molecule has 2 rings (SSSR count). The predicted octanol–water partition coefficient (Wildman–Crippen LogP) is 0.832. The zero-order valence-corrected chi connectivity index (χ0v) is 15.0. The first-order valence-electron chi connectivity index (χ1n) is 6.98. The van der Waals surface area contributed by atoms with Crippen molar-refractivity contribution in [2.75, 3.05) is 5.75 Å². The maximum absolute atomic E-state index is 10.5. The van der Waals surface area contributed by atoms with Crippen LogP contribution in [0.2, 0.25) is 0 Å². The molecular formula is C14H21N2O6S2+. The van der Waals surface area contributed by atoms with Crippen LogP contribution in [0.5, 0.6) is 0 Å². The fraction of sp³-hybridized carbons (Fsp3) is 0.357. The van der Waals surface area contributed by atoms with Gasteiger partial charge in [-0.25, -0.2) is 9.13 Å². The molecule has 134 valence electrons. The van der Waals surface area contributed by atoms with Crippen molar-refractivity contribution in [1.29, 1.82) is 0 Å². The summed E-state index contributed by atoms with van der Waals surface area (Å²) in [5.74, 6) is -0.186. The number of hydrogen-bond acceptors (Lipinski definition) is 4. The molecule has 0 fully saturated rings. The minimum Gasteiger partial charge on any atom is -0.286 e. The lowest BCUT2D eigenvalue weighted by atomic mass is 10.2. The number of aryl methyl sites for hydroxylation is 3. The second-order valence-corrected chi connectivity index (χ2v) is 8.24. The summed E-state index contributed by atoms with van der Waals surface area (Å²) in [7, 11) is -5.94. The second-order valence-electron chi connectivity index (χ2n) is 5.24. The molecule has 2 aromatic rings. The molecule has 0 radical (unpaired) electrons. The summed E-state index contributed by atoms with van der Waals surface area (Å²) in [6.45, 7) is 2.44. The molecule has 0 unspecified atom stereocenters. The van der Waals surface area contributed by atoms with Gasteiger partial charge < -0.3 is 0 Å². The molecule has 0 spiro atoms. The van der Waals surface area contributed by atoms with Gasteiger partial charge >= 0.3 is 0 Å². The monoisotopic (exact) mass is 377 g/mol. The first kappa shape index (κ1) is 20.3. The molecule has 10 heteroatoms. The number of hydrogen-bond donors (Lipinski definition) is 2. The predicted molar refractivity (Wildman–Crippen MR) is 87.6 cm³/mol. The summed E-state index contributed by atoms with van der Waals surface area (Å²) >= 11 is 0. The number of rotatable bonds is 5. The highest BCUT2D eigenvalue weighted by atomic mass is 32.2. The molecular weight excluding hydrogens is 356 g/mol. The molecule has 0 saturated carbocycles. The van der Waals surface area contributed by atoms with Gasteiger partial charge in [0.25, 0.3) is 20.2 Å². The van der Waals surface area contributed by atoms with E-state index < -0.39 is 20.2 Å². The fourth-order valence-electron chi connectivity index (χ4n) is 1.77. The van der Waals surface area contributed by atoms with Gasteiger partial charge in [0.1, 0.15) is 12.4 Å². The van der Waals surface area contributed by atoms with Crippen LogP contribution >= 0.6 is 0 Å². The van der Waals surface area contributed by atoms with Gasteiger partial charge in [0.2, 0.25) is 6.33 Å². The Morgan fingerprint density at radius 1 is 1.08 bits per heavy atom. The maximum atomic E-state index is 10.5. The number of aromatic nitrogens is 2. The second kappa shape index (κ2) is 8.38. The van der Waals surface area contributed by atoms with Crippen molar-refractivity contribution < 1.29 is 30.5 Å². The number of imidazole rings is 1. The maximum Gasteiger partial charge on any atom is 0.294 e. The Labute approximate surface area is 141 Å². The van der Waals surface area contributed by atoms with E-state index in [2.05, 4.69) is 0 Å². The van der Waals surface area contributed by atoms with Gasteiger partial charge in [-0.2, -0.15) is 16.8 Å². The molecule has 2 N–H and O–H groups in total. The Bertz CT molecular complexity index is 855. The highest BCUT2D eigenvalue weighted by Crippen LogP contribution is 2.08. The fourth-order valence-corrected chi connectivity index (χ4v) is 2.75. The molecule has 0 atom stereocenters. The van der Waals surface area contributed by atoms with Crippen LogP contribution < -0.4 is 4.57 Å². The summed E-state index contributed by atoms with van der Waals surface area (Å²) in [5.41, 5.74) is 0.956. The van der Waals surface area contributed by atoms with Gasteiger partial charge in [-0.05, 0) is 19.1 Å². The Balaban J connectivity index is 0.000000243. The van der Waals surface area contributed by atoms with E-state index in [1.165, 1.54) is 12.1 Å². The molecule has 1 aromatic carbocycles. The zero-order valence-electron chi connectivity index (χ0n) is 13.4. The molecule has 0 amide bonds. The molecule has 0 aliphatic rings. The van der Waals surface area contributed by atoms with Crippen molar-refractivity contribution in [2.24, 2.45) is 7.05 Å². The van der Waals surface area contributed by atoms with Crippen LogP contribution in [0.3, 0.4) is 0 Å². The van der Waals surface area contributed by atoms with Gasteiger partial charge in [-0.1, -0.05) is 17.7 Å². The average Bonchev–Trinajstić information content (AvgIpc) is 2.83. The molecule has 0 aliphatic heterocycles. The molecule has 8 nitrogen and oxygen atoms in total. The lowest BCUT2D eigenvalue weighted by molar-refractivity contribution is -0.671. The molecule has 0 aliphatic carbocycles. The van der Waals surface area contributed by atoms with Gasteiger partial charge in [0.05, 0.1) is 24.2 Å². The minimum absolute atomic E-state index is 0.0666. The standard InChI is InChI=1S/C7H12N2O3S.C7H8O3S/c1-8-4-5-9(7-8)3-2-6-13(10,11)12;1-6-2-4-7(5-3-6)11(8,9)10/h4-5,7H,2-3,6H2,1H3;2-5H,1H3,(H,8,9,10)/p+1. The summed E-state index contributed by atoms with van der Waals surface area (Å²) in [5, 5.41) is 0. The van der Waals surface area contributed by atoms with E-state index in [9.17, 15) is 16.8 Å². The van der Waals surface area contributed by atoms with Crippen molar-refractivity contribution in [3.63, 3.8) is 0 Å². The van der Waals surface area contributed by atoms with E-state index in [1.807, 2.05) is 41.8 Å². The van der Waals surface area contributed by atoms with Crippen molar-refractivity contribution in [1.82, 2.24) is 4.57 Å².